The predicted octanol–water partition coefficient (Wildman–Crippen LogP) is 3.62. The minimum absolute atomic E-state index is 0.147. The standard InChI is InChI=1S/C16H17ClN2O/c1-11-6-7-13(17)9-15(11)16(20)19-14-5-3-4-12(8-14)10-18-2/h3-9,18H,10H2,1-2H3,(H,19,20). The summed E-state index contributed by atoms with van der Waals surface area (Å²) in [5.74, 6) is -0.147. The molecule has 0 fully saturated rings. The third kappa shape index (κ3) is 3.59. The van der Waals surface area contributed by atoms with Crippen LogP contribution in [0.4, 0.5) is 5.69 Å². The molecule has 2 N–H and O–H groups in total. The first-order valence-electron chi connectivity index (χ1n) is 6.41. The van der Waals surface area contributed by atoms with Gasteiger partial charge in [0.2, 0.25) is 0 Å². The predicted molar refractivity (Wildman–Crippen MR) is 83.3 cm³/mol. The third-order valence-corrected chi connectivity index (χ3v) is 3.25. The zero-order valence-corrected chi connectivity index (χ0v) is 12.3. The molecule has 3 nitrogen and oxygen atoms in total. The van der Waals surface area contributed by atoms with Gasteiger partial charge >= 0.3 is 0 Å². The van der Waals surface area contributed by atoms with E-state index in [1.165, 1.54) is 0 Å². The normalized spacial score (nSPS) is 10.3. The summed E-state index contributed by atoms with van der Waals surface area (Å²) >= 11 is 5.94. The zero-order chi connectivity index (χ0) is 14.5. The third-order valence-electron chi connectivity index (χ3n) is 3.01. The SMILES string of the molecule is CNCc1cccc(NC(=O)c2cc(Cl)ccc2C)c1. The van der Waals surface area contributed by atoms with Crippen molar-refractivity contribution in [2.24, 2.45) is 0 Å². The summed E-state index contributed by atoms with van der Waals surface area (Å²) in [7, 11) is 1.89. The van der Waals surface area contributed by atoms with Crippen molar-refractivity contribution in [3.05, 3.63) is 64.2 Å². The van der Waals surface area contributed by atoms with Crippen molar-refractivity contribution in [1.82, 2.24) is 5.32 Å². The quantitative estimate of drug-likeness (QED) is 0.902. The van der Waals surface area contributed by atoms with Crippen LogP contribution in [0.25, 0.3) is 0 Å². The maximum absolute atomic E-state index is 12.3. The Balaban J connectivity index is 2.19. The lowest BCUT2D eigenvalue weighted by molar-refractivity contribution is 0.102. The molecule has 0 aliphatic heterocycles. The summed E-state index contributed by atoms with van der Waals surface area (Å²) in [5.41, 5.74) is 3.39. The maximum atomic E-state index is 12.3. The van der Waals surface area contributed by atoms with E-state index in [1.807, 2.05) is 44.3 Å². The van der Waals surface area contributed by atoms with Crippen LogP contribution in [0, 0.1) is 6.92 Å². The Morgan fingerprint density at radius 3 is 2.75 bits per heavy atom. The smallest absolute Gasteiger partial charge is 0.255 e. The van der Waals surface area contributed by atoms with Gasteiger partial charge in [0.25, 0.3) is 5.91 Å². The number of carbonyl (C=O) groups is 1. The number of hydrogen-bond acceptors (Lipinski definition) is 2. The molecule has 0 spiro atoms. The molecule has 2 aromatic carbocycles. The van der Waals surface area contributed by atoms with Crippen LogP contribution >= 0.6 is 11.6 Å². The molecule has 0 heterocycles. The molecule has 2 aromatic rings. The molecule has 0 saturated carbocycles. The van der Waals surface area contributed by atoms with Gasteiger partial charge in [0.05, 0.1) is 0 Å². The van der Waals surface area contributed by atoms with E-state index < -0.39 is 0 Å². The number of benzene rings is 2. The van der Waals surface area contributed by atoms with Gasteiger partial charge in [0.1, 0.15) is 0 Å². The molecule has 0 saturated heterocycles. The van der Waals surface area contributed by atoms with Gasteiger partial charge in [-0.3, -0.25) is 4.79 Å². The second kappa shape index (κ2) is 6.55. The van der Waals surface area contributed by atoms with Crippen molar-refractivity contribution < 1.29 is 4.79 Å². The summed E-state index contributed by atoms with van der Waals surface area (Å²) in [6.07, 6.45) is 0. The van der Waals surface area contributed by atoms with E-state index >= 15 is 0 Å². The Kier molecular flexibility index (Phi) is 4.77. The van der Waals surface area contributed by atoms with Crippen LogP contribution in [0.15, 0.2) is 42.5 Å². The van der Waals surface area contributed by atoms with Crippen LogP contribution in [0.1, 0.15) is 21.5 Å². The lowest BCUT2D eigenvalue weighted by Crippen LogP contribution is -2.14. The van der Waals surface area contributed by atoms with Gasteiger partial charge in [-0.25, -0.2) is 0 Å². The fourth-order valence-corrected chi connectivity index (χ4v) is 2.17. The van der Waals surface area contributed by atoms with Crippen molar-refractivity contribution in [2.75, 3.05) is 12.4 Å². The van der Waals surface area contributed by atoms with Crippen LogP contribution in [0.2, 0.25) is 5.02 Å². The van der Waals surface area contributed by atoms with Crippen molar-refractivity contribution in [3.63, 3.8) is 0 Å². The molecule has 0 aliphatic carbocycles. The van der Waals surface area contributed by atoms with E-state index in [9.17, 15) is 4.79 Å². The number of carbonyl (C=O) groups excluding carboxylic acids is 1. The van der Waals surface area contributed by atoms with E-state index in [4.69, 9.17) is 11.6 Å². The second-order valence-corrected chi connectivity index (χ2v) is 5.08. The largest absolute Gasteiger partial charge is 0.322 e. The van der Waals surface area contributed by atoms with Crippen LogP contribution < -0.4 is 10.6 Å². The molecule has 0 radical (unpaired) electrons. The molecule has 0 bridgehead atoms. The minimum Gasteiger partial charge on any atom is -0.322 e. The average molecular weight is 289 g/mol. The lowest BCUT2D eigenvalue weighted by Gasteiger charge is -2.09. The highest BCUT2D eigenvalue weighted by atomic mass is 35.5. The lowest BCUT2D eigenvalue weighted by atomic mass is 10.1. The fourth-order valence-electron chi connectivity index (χ4n) is 2.00. The molecule has 0 atom stereocenters. The summed E-state index contributed by atoms with van der Waals surface area (Å²) in [4.78, 5) is 12.3. The second-order valence-electron chi connectivity index (χ2n) is 4.64. The van der Waals surface area contributed by atoms with E-state index in [1.54, 1.807) is 12.1 Å². The van der Waals surface area contributed by atoms with Gasteiger partial charge < -0.3 is 10.6 Å². The van der Waals surface area contributed by atoms with Crippen molar-refractivity contribution >= 4 is 23.2 Å². The van der Waals surface area contributed by atoms with Crippen molar-refractivity contribution in [1.29, 1.82) is 0 Å². The first kappa shape index (κ1) is 14.6. The Bertz CT molecular complexity index is 626. The number of hydrogen-bond donors (Lipinski definition) is 2. The van der Waals surface area contributed by atoms with Crippen LogP contribution in [-0.4, -0.2) is 13.0 Å². The van der Waals surface area contributed by atoms with Crippen LogP contribution in [0.5, 0.6) is 0 Å². The van der Waals surface area contributed by atoms with Gasteiger partial charge in [-0.05, 0) is 49.4 Å². The Labute approximate surface area is 124 Å². The highest BCUT2D eigenvalue weighted by Crippen LogP contribution is 2.18. The molecule has 0 aliphatic rings. The molecule has 1 amide bonds. The Morgan fingerprint density at radius 1 is 1.20 bits per heavy atom. The molecule has 0 aromatic heterocycles. The maximum Gasteiger partial charge on any atom is 0.255 e. The first-order valence-corrected chi connectivity index (χ1v) is 6.79. The molecular weight excluding hydrogens is 272 g/mol. The molecule has 104 valence electrons. The van der Waals surface area contributed by atoms with Crippen LogP contribution in [-0.2, 0) is 6.54 Å². The van der Waals surface area contributed by atoms with Gasteiger partial charge in [0, 0.05) is 22.8 Å². The topological polar surface area (TPSA) is 41.1 Å². The van der Waals surface area contributed by atoms with E-state index in [2.05, 4.69) is 10.6 Å². The number of rotatable bonds is 4. The summed E-state index contributed by atoms with van der Waals surface area (Å²) in [6, 6.07) is 13.1. The van der Waals surface area contributed by atoms with Crippen LogP contribution in [0.3, 0.4) is 0 Å². The molecule has 20 heavy (non-hydrogen) atoms. The van der Waals surface area contributed by atoms with E-state index in [0.717, 1.165) is 23.4 Å². The monoisotopic (exact) mass is 288 g/mol. The molecule has 2 rings (SSSR count). The van der Waals surface area contributed by atoms with E-state index in [-0.39, 0.29) is 5.91 Å². The number of halogens is 1. The average Bonchev–Trinajstić information content (AvgIpc) is 2.42. The number of nitrogens with one attached hydrogen (secondary N) is 2. The minimum atomic E-state index is -0.147. The summed E-state index contributed by atoms with van der Waals surface area (Å²) in [5, 5.41) is 6.54. The summed E-state index contributed by atoms with van der Waals surface area (Å²) in [6.45, 7) is 2.66. The van der Waals surface area contributed by atoms with E-state index in [0.29, 0.717) is 10.6 Å². The number of anilines is 1. The molecule has 0 unspecified atom stereocenters. The summed E-state index contributed by atoms with van der Waals surface area (Å²) < 4.78 is 0. The number of amides is 1. The fraction of sp³-hybridized carbons (Fsp3) is 0.188. The Hall–Kier alpha value is -1.84. The first-order chi connectivity index (χ1) is 9.60. The van der Waals surface area contributed by atoms with Crippen molar-refractivity contribution in [2.45, 2.75) is 13.5 Å². The molecule has 4 heteroatoms. The van der Waals surface area contributed by atoms with Gasteiger partial charge in [0.15, 0.2) is 0 Å². The van der Waals surface area contributed by atoms with Gasteiger partial charge in [-0.1, -0.05) is 29.8 Å². The highest BCUT2D eigenvalue weighted by Gasteiger charge is 2.10. The molecular formula is C16H17ClN2O. The van der Waals surface area contributed by atoms with Crippen molar-refractivity contribution in [3.8, 4) is 0 Å². The highest BCUT2D eigenvalue weighted by molar-refractivity contribution is 6.31. The Morgan fingerprint density at radius 2 is 2.00 bits per heavy atom. The van der Waals surface area contributed by atoms with Gasteiger partial charge in [-0.2, -0.15) is 0 Å². The van der Waals surface area contributed by atoms with Gasteiger partial charge in [-0.15, -0.1) is 0 Å². The number of aryl methyl sites for hydroxylation is 1. The zero-order valence-electron chi connectivity index (χ0n) is 11.5.